The van der Waals surface area contributed by atoms with Crippen LogP contribution in [-0.2, 0) is 0 Å². The molecule has 3 heteroatoms. The Bertz CT molecular complexity index is 872. The number of nitrogens with one attached hydrogen (secondary N) is 1. The molecule has 1 N–H and O–H groups in total. The normalized spacial score (nSPS) is 12.1. The molecule has 1 heterocycles. The number of hydrogen-bond acceptors (Lipinski definition) is 2. The van der Waals surface area contributed by atoms with Gasteiger partial charge >= 0.3 is 0 Å². The van der Waals surface area contributed by atoms with Crippen LogP contribution in [0.25, 0.3) is 22.2 Å². The van der Waals surface area contributed by atoms with E-state index in [1.54, 1.807) is 0 Å². The Labute approximate surface area is 142 Å². The van der Waals surface area contributed by atoms with Crippen LogP contribution in [0.5, 0.6) is 0 Å². The van der Waals surface area contributed by atoms with Gasteiger partial charge in [0.05, 0.1) is 16.8 Å². The lowest BCUT2D eigenvalue weighted by atomic mass is 9.97. The van der Waals surface area contributed by atoms with E-state index in [-0.39, 0.29) is 11.9 Å². The lowest BCUT2D eigenvalue weighted by Gasteiger charge is -2.17. The van der Waals surface area contributed by atoms with Crippen LogP contribution >= 0.6 is 0 Å². The molecule has 0 saturated heterocycles. The summed E-state index contributed by atoms with van der Waals surface area (Å²) in [5, 5.41) is 3.99. The van der Waals surface area contributed by atoms with Crippen LogP contribution in [0.4, 0.5) is 0 Å². The number of carbonyl (C=O) groups is 1. The molecule has 2 aromatic carbocycles. The largest absolute Gasteiger partial charge is 0.350 e. The van der Waals surface area contributed by atoms with Gasteiger partial charge in [0.1, 0.15) is 0 Å². The van der Waals surface area contributed by atoms with Gasteiger partial charge in [0.2, 0.25) is 0 Å². The Morgan fingerprint density at radius 2 is 1.75 bits per heavy atom. The molecule has 0 fully saturated rings. The molecule has 122 valence electrons. The fourth-order valence-corrected chi connectivity index (χ4v) is 2.87. The average molecular weight is 318 g/mol. The molecular formula is C21H22N2O. The molecule has 0 aliphatic carbocycles. The standard InChI is InChI=1S/C21H22N2O/c1-4-14(2)22-21(24)19-15(3)20(16-10-6-5-7-11-16)23-18-13-9-8-12-17(18)19/h5-14H,4H2,1-3H3,(H,22,24). The summed E-state index contributed by atoms with van der Waals surface area (Å²) in [7, 11) is 0. The van der Waals surface area contributed by atoms with E-state index in [1.165, 1.54) is 0 Å². The maximum absolute atomic E-state index is 12.9. The number of nitrogens with zero attached hydrogens (tertiary/aromatic N) is 1. The Kier molecular flexibility index (Phi) is 4.61. The second-order valence-corrected chi connectivity index (χ2v) is 6.13. The smallest absolute Gasteiger partial charge is 0.252 e. The quantitative estimate of drug-likeness (QED) is 0.755. The Morgan fingerprint density at radius 1 is 1.08 bits per heavy atom. The third kappa shape index (κ3) is 3.02. The van der Waals surface area contributed by atoms with Gasteiger partial charge in [-0.05, 0) is 31.9 Å². The number of rotatable bonds is 4. The van der Waals surface area contributed by atoms with Crippen molar-refractivity contribution in [3.8, 4) is 11.3 Å². The van der Waals surface area contributed by atoms with E-state index in [2.05, 4.69) is 12.2 Å². The zero-order chi connectivity index (χ0) is 17.1. The molecule has 0 bridgehead atoms. The van der Waals surface area contributed by atoms with E-state index in [9.17, 15) is 4.79 Å². The highest BCUT2D eigenvalue weighted by atomic mass is 16.1. The first-order valence-electron chi connectivity index (χ1n) is 8.37. The highest BCUT2D eigenvalue weighted by Gasteiger charge is 2.19. The molecule has 1 amide bonds. The summed E-state index contributed by atoms with van der Waals surface area (Å²) in [6.45, 7) is 6.07. The predicted octanol–water partition coefficient (Wildman–Crippen LogP) is 4.74. The highest BCUT2D eigenvalue weighted by molar-refractivity contribution is 6.09. The third-order valence-corrected chi connectivity index (χ3v) is 4.40. The summed E-state index contributed by atoms with van der Waals surface area (Å²) in [4.78, 5) is 17.7. The van der Waals surface area contributed by atoms with Crippen molar-refractivity contribution in [3.05, 3.63) is 65.7 Å². The molecule has 0 aliphatic rings. The van der Waals surface area contributed by atoms with Gasteiger partial charge in [-0.1, -0.05) is 55.5 Å². The van der Waals surface area contributed by atoms with E-state index in [1.807, 2.05) is 68.4 Å². The summed E-state index contributed by atoms with van der Waals surface area (Å²) in [5.74, 6) is -0.0300. The van der Waals surface area contributed by atoms with Crippen LogP contribution in [-0.4, -0.2) is 16.9 Å². The van der Waals surface area contributed by atoms with Crippen LogP contribution in [0.2, 0.25) is 0 Å². The molecule has 0 saturated carbocycles. The lowest BCUT2D eigenvalue weighted by molar-refractivity contribution is 0.0940. The van der Waals surface area contributed by atoms with Gasteiger partial charge in [-0.3, -0.25) is 4.79 Å². The SMILES string of the molecule is CCC(C)NC(=O)c1c(C)c(-c2ccccc2)nc2ccccc12. The van der Waals surface area contributed by atoms with Crippen LogP contribution in [0.1, 0.15) is 36.2 Å². The predicted molar refractivity (Wildman–Crippen MR) is 99.1 cm³/mol. The van der Waals surface area contributed by atoms with Crippen molar-refractivity contribution in [3.63, 3.8) is 0 Å². The van der Waals surface area contributed by atoms with Crippen LogP contribution in [0.3, 0.4) is 0 Å². The molecule has 1 unspecified atom stereocenters. The fraction of sp³-hybridized carbons (Fsp3) is 0.238. The molecule has 3 rings (SSSR count). The molecule has 0 aliphatic heterocycles. The maximum Gasteiger partial charge on any atom is 0.252 e. The highest BCUT2D eigenvalue weighted by Crippen LogP contribution is 2.29. The van der Waals surface area contributed by atoms with Crippen LogP contribution in [0, 0.1) is 6.92 Å². The third-order valence-electron chi connectivity index (χ3n) is 4.40. The number of fused-ring (bicyclic) bond motifs is 1. The first-order chi connectivity index (χ1) is 11.6. The van der Waals surface area contributed by atoms with Gasteiger partial charge < -0.3 is 5.32 Å². The number of hydrogen-bond donors (Lipinski definition) is 1. The van der Waals surface area contributed by atoms with Crippen molar-refractivity contribution in [1.82, 2.24) is 10.3 Å². The summed E-state index contributed by atoms with van der Waals surface area (Å²) >= 11 is 0. The van der Waals surface area contributed by atoms with Gasteiger partial charge in [0.15, 0.2) is 0 Å². The molecular weight excluding hydrogens is 296 g/mol. The lowest BCUT2D eigenvalue weighted by Crippen LogP contribution is -2.32. The summed E-state index contributed by atoms with van der Waals surface area (Å²) < 4.78 is 0. The second-order valence-electron chi connectivity index (χ2n) is 6.13. The van der Waals surface area contributed by atoms with Crippen molar-refractivity contribution >= 4 is 16.8 Å². The number of amides is 1. The molecule has 0 spiro atoms. The van der Waals surface area contributed by atoms with E-state index < -0.39 is 0 Å². The van der Waals surface area contributed by atoms with Gasteiger partial charge in [0.25, 0.3) is 5.91 Å². The molecule has 0 radical (unpaired) electrons. The number of para-hydroxylation sites is 1. The zero-order valence-corrected chi connectivity index (χ0v) is 14.3. The summed E-state index contributed by atoms with van der Waals surface area (Å²) in [5.41, 5.74) is 4.37. The minimum absolute atomic E-state index is 0.0300. The van der Waals surface area contributed by atoms with Gasteiger partial charge in [-0.15, -0.1) is 0 Å². The first kappa shape index (κ1) is 16.2. The van der Waals surface area contributed by atoms with Gasteiger partial charge in [0, 0.05) is 17.0 Å². The monoisotopic (exact) mass is 318 g/mol. The minimum Gasteiger partial charge on any atom is -0.350 e. The Morgan fingerprint density at radius 3 is 2.46 bits per heavy atom. The van der Waals surface area contributed by atoms with Gasteiger partial charge in [-0.2, -0.15) is 0 Å². The Balaban J connectivity index is 2.22. The van der Waals surface area contributed by atoms with E-state index in [0.29, 0.717) is 0 Å². The minimum atomic E-state index is -0.0300. The first-order valence-corrected chi connectivity index (χ1v) is 8.37. The van der Waals surface area contributed by atoms with Crippen molar-refractivity contribution in [2.45, 2.75) is 33.2 Å². The van der Waals surface area contributed by atoms with Crippen molar-refractivity contribution < 1.29 is 4.79 Å². The van der Waals surface area contributed by atoms with Crippen molar-refractivity contribution in [1.29, 1.82) is 0 Å². The Hall–Kier alpha value is -2.68. The average Bonchev–Trinajstić information content (AvgIpc) is 2.61. The zero-order valence-electron chi connectivity index (χ0n) is 14.3. The number of benzene rings is 2. The van der Waals surface area contributed by atoms with E-state index >= 15 is 0 Å². The van der Waals surface area contributed by atoms with Crippen molar-refractivity contribution in [2.24, 2.45) is 0 Å². The number of carbonyl (C=O) groups excluding carboxylic acids is 1. The maximum atomic E-state index is 12.9. The molecule has 24 heavy (non-hydrogen) atoms. The van der Waals surface area contributed by atoms with Crippen LogP contribution in [0.15, 0.2) is 54.6 Å². The molecule has 3 aromatic rings. The molecule has 3 nitrogen and oxygen atoms in total. The fourth-order valence-electron chi connectivity index (χ4n) is 2.87. The van der Waals surface area contributed by atoms with Crippen molar-refractivity contribution in [2.75, 3.05) is 0 Å². The topological polar surface area (TPSA) is 42.0 Å². The summed E-state index contributed by atoms with van der Waals surface area (Å²) in [6.07, 6.45) is 0.902. The summed E-state index contributed by atoms with van der Waals surface area (Å²) in [6, 6.07) is 18.0. The number of pyridine rings is 1. The van der Waals surface area contributed by atoms with E-state index in [0.717, 1.165) is 39.7 Å². The second kappa shape index (κ2) is 6.83. The van der Waals surface area contributed by atoms with E-state index in [4.69, 9.17) is 4.98 Å². The van der Waals surface area contributed by atoms with Gasteiger partial charge in [-0.25, -0.2) is 4.98 Å². The van der Waals surface area contributed by atoms with Crippen LogP contribution < -0.4 is 5.32 Å². The number of aromatic nitrogens is 1. The molecule has 1 atom stereocenters. The molecule has 1 aromatic heterocycles.